The van der Waals surface area contributed by atoms with Crippen LogP contribution in [0.25, 0.3) is 0 Å². The van der Waals surface area contributed by atoms with Crippen LogP contribution in [0.1, 0.15) is 22.1 Å². The molecule has 1 aromatic carbocycles. The summed E-state index contributed by atoms with van der Waals surface area (Å²) in [6.45, 7) is 2.29. The number of nitrogens with zero attached hydrogens (tertiary/aromatic N) is 3. The molecule has 0 radical (unpaired) electrons. The molecule has 0 aliphatic rings. The Morgan fingerprint density at radius 2 is 2.04 bits per heavy atom. The summed E-state index contributed by atoms with van der Waals surface area (Å²) in [6, 6.07) is 10.8. The Balaban J connectivity index is 1.65. The van der Waals surface area contributed by atoms with Crippen LogP contribution in [0.15, 0.2) is 51.6 Å². The number of nitrogens with one attached hydrogen (secondary N) is 2. The van der Waals surface area contributed by atoms with E-state index in [9.17, 15) is 4.79 Å². The molecule has 8 heteroatoms. The van der Waals surface area contributed by atoms with Gasteiger partial charge in [0.1, 0.15) is 5.82 Å². The number of hydrogen-bond donors (Lipinski definition) is 2. The maximum absolute atomic E-state index is 12.5. The molecule has 0 aliphatic heterocycles. The van der Waals surface area contributed by atoms with E-state index in [1.54, 1.807) is 25.3 Å². The number of carbonyl (C=O) groups excluding carboxylic acids is 1. The largest absolute Gasteiger partial charge is 0.369 e. The molecule has 2 aromatic heterocycles. The van der Waals surface area contributed by atoms with E-state index in [0.29, 0.717) is 41.7 Å². The van der Waals surface area contributed by atoms with Gasteiger partial charge >= 0.3 is 0 Å². The van der Waals surface area contributed by atoms with Crippen LogP contribution >= 0.6 is 15.9 Å². The first-order valence-electron chi connectivity index (χ1n) is 7.67. The van der Waals surface area contributed by atoms with Gasteiger partial charge in [0.2, 0.25) is 5.89 Å². The molecule has 1 amide bonds. The summed E-state index contributed by atoms with van der Waals surface area (Å²) in [5, 5.41) is 9.74. The van der Waals surface area contributed by atoms with Crippen molar-refractivity contribution in [3.63, 3.8) is 0 Å². The molecule has 0 saturated carbocycles. The van der Waals surface area contributed by atoms with E-state index < -0.39 is 0 Å². The second-order valence-electron chi connectivity index (χ2n) is 5.27. The normalized spacial score (nSPS) is 10.5. The highest BCUT2D eigenvalue weighted by atomic mass is 79.9. The predicted molar refractivity (Wildman–Crippen MR) is 97.6 cm³/mol. The average molecular weight is 402 g/mol. The second-order valence-corrected chi connectivity index (χ2v) is 6.19. The highest BCUT2D eigenvalue weighted by Crippen LogP contribution is 2.17. The number of halogens is 1. The maximum atomic E-state index is 12.5. The van der Waals surface area contributed by atoms with Gasteiger partial charge in [-0.3, -0.25) is 4.79 Å². The van der Waals surface area contributed by atoms with Crippen molar-refractivity contribution >= 4 is 33.3 Å². The maximum Gasteiger partial charge on any atom is 0.259 e. The molecule has 0 spiro atoms. The number of amides is 1. The zero-order chi connectivity index (χ0) is 17.6. The van der Waals surface area contributed by atoms with Crippen LogP contribution in [0.3, 0.4) is 0 Å². The average Bonchev–Trinajstić information content (AvgIpc) is 3.02. The van der Waals surface area contributed by atoms with Gasteiger partial charge in [-0.25, -0.2) is 4.98 Å². The zero-order valence-corrected chi connectivity index (χ0v) is 15.1. The van der Waals surface area contributed by atoms with Gasteiger partial charge in [0.15, 0.2) is 5.82 Å². The van der Waals surface area contributed by atoms with Gasteiger partial charge in [-0.1, -0.05) is 21.1 Å². The Morgan fingerprint density at radius 1 is 1.24 bits per heavy atom. The van der Waals surface area contributed by atoms with Crippen LogP contribution in [0.4, 0.5) is 11.5 Å². The van der Waals surface area contributed by atoms with Crippen molar-refractivity contribution in [2.45, 2.75) is 13.3 Å². The van der Waals surface area contributed by atoms with Crippen LogP contribution in [-0.2, 0) is 6.42 Å². The van der Waals surface area contributed by atoms with Crippen LogP contribution in [0.2, 0.25) is 0 Å². The van der Waals surface area contributed by atoms with Crippen molar-refractivity contribution in [2.75, 3.05) is 17.2 Å². The third kappa shape index (κ3) is 4.63. The molecular weight excluding hydrogens is 386 g/mol. The molecule has 0 unspecified atom stereocenters. The summed E-state index contributed by atoms with van der Waals surface area (Å²) in [6.07, 6.45) is 2.18. The van der Waals surface area contributed by atoms with Gasteiger partial charge in [0.05, 0.1) is 5.56 Å². The molecule has 0 saturated heterocycles. The van der Waals surface area contributed by atoms with E-state index in [-0.39, 0.29) is 5.91 Å². The van der Waals surface area contributed by atoms with Crippen LogP contribution in [0, 0.1) is 6.92 Å². The lowest BCUT2D eigenvalue weighted by atomic mass is 10.2. The summed E-state index contributed by atoms with van der Waals surface area (Å²) >= 11 is 3.37. The number of rotatable bonds is 6. The number of aryl methyl sites for hydroxylation is 1. The summed E-state index contributed by atoms with van der Waals surface area (Å²) < 4.78 is 6.01. The van der Waals surface area contributed by atoms with Gasteiger partial charge in [-0.2, -0.15) is 4.98 Å². The SMILES string of the molecule is Cc1noc(CCNc2ncccc2C(=O)Nc2ccc(Br)cc2)n1. The van der Waals surface area contributed by atoms with E-state index in [4.69, 9.17) is 4.52 Å². The Kier molecular flexibility index (Phi) is 5.39. The summed E-state index contributed by atoms with van der Waals surface area (Å²) in [7, 11) is 0. The minimum Gasteiger partial charge on any atom is -0.369 e. The van der Waals surface area contributed by atoms with Gasteiger partial charge in [-0.05, 0) is 43.3 Å². The standard InChI is InChI=1S/C17H16BrN5O2/c1-11-21-15(25-23-11)8-10-20-16-14(3-2-9-19-16)17(24)22-13-6-4-12(18)5-7-13/h2-7,9H,8,10H2,1H3,(H,19,20)(H,22,24). The lowest BCUT2D eigenvalue weighted by Crippen LogP contribution is -2.16. The first kappa shape index (κ1) is 17.1. The lowest BCUT2D eigenvalue weighted by Gasteiger charge is -2.10. The fourth-order valence-electron chi connectivity index (χ4n) is 2.19. The lowest BCUT2D eigenvalue weighted by molar-refractivity contribution is 0.102. The molecule has 3 rings (SSSR count). The van der Waals surface area contributed by atoms with Gasteiger partial charge in [0.25, 0.3) is 5.91 Å². The van der Waals surface area contributed by atoms with Crippen molar-refractivity contribution in [1.82, 2.24) is 15.1 Å². The van der Waals surface area contributed by atoms with E-state index in [1.807, 2.05) is 24.3 Å². The van der Waals surface area contributed by atoms with Crippen molar-refractivity contribution in [3.8, 4) is 0 Å². The number of hydrogen-bond acceptors (Lipinski definition) is 6. The summed E-state index contributed by atoms with van der Waals surface area (Å²) in [5.41, 5.74) is 1.18. The first-order valence-corrected chi connectivity index (χ1v) is 8.46. The zero-order valence-electron chi connectivity index (χ0n) is 13.5. The topological polar surface area (TPSA) is 92.9 Å². The monoisotopic (exact) mass is 401 g/mol. The van der Waals surface area contributed by atoms with E-state index in [0.717, 1.165) is 4.47 Å². The predicted octanol–water partition coefficient (Wildman–Crippen LogP) is 3.44. The van der Waals surface area contributed by atoms with Gasteiger partial charge in [-0.15, -0.1) is 0 Å². The Morgan fingerprint density at radius 3 is 2.76 bits per heavy atom. The number of aromatic nitrogens is 3. The molecule has 0 atom stereocenters. The third-order valence-electron chi connectivity index (χ3n) is 3.36. The number of carbonyl (C=O) groups is 1. The molecule has 25 heavy (non-hydrogen) atoms. The molecule has 7 nitrogen and oxygen atoms in total. The minimum absolute atomic E-state index is 0.230. The first-order chi connectivity index (χ1) is 12.1. The van der Waals surface area contributed by atoms with Crippen LogP contribution in [-0.4, -0.2) is 27.6 Å². The van der Waals surface area contributed by atoms with Crippen molar-refractivity contribution in [2.24, 2.45) is 0 Å². The number of anilines is 2. The Labute approximate surface area is 153 Å². The number of benzene rings is 1. The number of pyridine rings is 1. The quantitative estimate of drug-likeness (QED) is 0.656. The molecule has 0 aliphatic carbocycles. The fraction of sp³-hybridized carbons (Fsp3) is 0.176. The fourth-order valence-corrected chi connectivity index (χ4v) is 2.45. The van der Waals surface area contributed by atoms with Gasteiger partial charge < -0.3 is 15.2 Å². The van der Waals surface area contributed by atoms with Crippen LogP contribution < -0.4 is 10.6 Å². The van der Waals surface area contributed by atoms with Gasteiger partial charge in [0, 0.05) is 29.3 Å². The third-order valence-corrected chi connectivity index (χ3v) is 3.88. The molecule has 2 heterocycles. The summed E-state index contributed by atoms with van der Waals surface area (Å²) in [4.78, 5) is 20.9. The van der Waals surface area contributed by atoms with E-state index >= 15 is 0 Å². The Bertz CT molecular complexity index is 863. The van der Waals surface area contributed by atoms with E-state index in [2.05, 4.69) is 41.7 Å². The highest BCUT2D eigenvalue weighted by molar-refractivity contribution is 9.10. The Hall–Kier alpha value is -2.74. The minimum atomic E-state index is -0.230. The van der Waals surface area contributed by atoms with E-state index in [1.165, 1.54) is 0 Å². The van der Waals surface area contributed by atoms with Crippen LogP contribution in [0.5, 0.6) is 0 Å². The molecule has 0 fully saturated rings. The second kappa shape index (κ2) is 7.89. The highest BCUT2D eigenvalue weighted by Gasteiger charge is 2.13. The van der Waals surface area contributed by atoms with Crippen molar-refractivity contribution in [3.05, 3.63) is 64.3 Å². The molecule has 3 aromatic rings. The molecule has 0 bridgehead atoms. The van der Waals surface area contributed by atoms with Crippen molar-refractivity contribution in [1.29, 1.82) is 0 Å². The van der Waals surface area contributed by atoms with Crippen molar-refractivity contribution < 1.29 is 9.32 Å². The molecule has 2 N–H and O–H groups in total. The molecule has 128 valence electrons. The smallest absolute Gasteiger partial charge is 0.259 e. The molecular formula is C17H16BrN5O2. The summed E-state index contributed by atoms with van der Waals surface area (Å²) in [5.74, 6) is 1.42.